The topological polar surface area (TPSA) is 72.9 Å². The van der Waals surface area contributed by atoms with Gasteiger partial charge < -0.3 is 14.4 Å². The Hall–Kier alpha value is -2.11. The van der Waals surface area contributed by atoms with E-state index in [9.17, 15) is 14.4 Å². The quantitative estimate of drug-likeness (QED) is 0.289. The van der Waals surface area contributed by atoms with Crippen molar-refractivity contribution in [1.82, 2.24) is 4.90 Å². The molecule has 0 saturated carbocycles. The Morgan fingerprint density at radius 3 is 1.76 bits per heavy atom. The van der Waals surface area contributed by atoms with E-state index in [1.165, 1.54) is 0 Å². The van der Waals surface area contributed by atoms with Crippen molar-refractivity contribution in [2.45, 2.75) is 52.4 Å². The summed E-state index contributed by atoms with van der Waals surface area (Å²) in [6, 6.07) is 0. The number of carbonyl (C=O) groups excluding carboxylic acids is 3. The first kappa shape index (κ1) is 22.9. The van der Waals surface area contributed by atoms with Gasteiger partial charge in [-0.15, -0.1) is 0 Å². The molecule has 0 aliphatic heterocycles. The fourth-order valence-electron chi connectivity index (χ4n) is 1.90. The first-order valence-corrected chi connectivity index (χ1v) is 8.65. The summed E-state index contributed by atoms with van der Waals surface area (Å²) in [6.45, 7) is 11.6. The molecule has 6 nitrogen and oxygen atoms in total. The van der Waals surface area contributed by atoms with E-state index in [0.29, 0.717) is 43.7 Å². The van der Waals surface area contributed by atoms with Crippen LogP contribution in [-0.2, 0) is 23.9 Å². The lowest BCUT2D eigenvalue weighted by atomic mass is 10.2. The minimum absolute atomic E-state index is 0.0952. The van der Waals surface area contributed by atoms with E-state index in [0.717, 1.165) is 25.7 Å². The monoisotopic (exact) mass is 353 g/mol. The summed E-state index contributed by atoms with van der Waals surface area (Å²) in [4.78, 5) is 36.0. The maximum absolute atomic E-state index is 12.0. The molecule has 0 radical (unpaired) electrons. The van der Waals surface area contributed by atoms with Gasteiger partial charge in [0.15, 0.2) is 0 Å². The van der Waals surface area contributed by atoms with Crippen LogP contribution >= 0.6 is 0 Å². The number of unbranched alkanes of at least 4 members (excludes halogenated alkanes) is 3. The van der Waals surface area contributed by atoms with Gasteiger partial charge in [0.05, 0.1) is 13.2 Å². The number of esters is 2. The maximum atomic E-state index is 12.0. The lowest BCUT2D eigenvalue weighted by Crippen LogP contribution is -2.27. The Morgan fingerprint density at radius 2 is 1.28 bits per heavy atom. The molecule has 142 valence electrons. The van der Waals surface area contributed by atoms with Crippen molar-refractivity contribution in [2.75, 3.05) is 26.8 Å². The van der Waals surface area contributed by atoms with Gasteiger partial charge in [-0.2, -0.15) is 0 Å². The van der Waals surface area contributed by atoms with Crippen LogP contribution in [0.1, 0.15) is 52.4 Å². The zero-order valence-electron chi connectivity index (χ0n) is 15.8. The van der Waals surface area contributed by atoms with Gasteiger partial charge in [0.1, 0.15) is 0 Å². The molecule has 0 aliphatic carbocycles. The lowest BCUT2D eigenvalue weighted by molar-refractivity contribution is -0.139. The van der Waals surface area contributed by atoms with Gasteiger partial charge in [-0.05, 0) is 46.0 Å². The van der Waals surface area contributed by atoms with E-state index in [2.05, 4.69) is 13.2 Å². The highest BCUT2D eigenvalue weighted by Crippen LogP contribution is 2.05. The molecule has 0 bridgehead atoms. The Morgan fingerprint density at radius 1 is 0.800 bits per heavy atom. The second kappa shape index (κ2) is 13.2. The minimum atomic E-state index is -0.377. The number of hydrogen-bond acceptors (Lipinski definition) is 5. The van der Waals surface area contributed by atoms with Crippen LogP contribution in [-0.4, -0.2) is 49.6 Å². The second-order valence-electron chi connectivity index (χ2n) is 6.17. The molecule has 6 heteroatoms. The van der Waals surface area contributed by atoms with Crippen molar-refractivity contribution in [3.05, 3.63) is 24.3 Å². The zero-order chi connectivity index (χ0) is 19.2. The highest BCUT2D eigenvalue weighted by molar-refractivity contribution is 5.87. The van der Waals surface area contributed by atoms with Crippen LogP contribution < -0.4 is 0 Å². The van der Waals surface area contributed by atoms with Gasteiger partial charge in [0.25, 0.3) is 0 Å². The fourth-order valence-corrected chi connectivity index (χ4v) is 1.90. The molecule has 0 saturated heterocycles. The van der Waals surface area contributed by atoms with Gasteiger partial charge in [0.2, 0.25) is 5.91 Å². The lowest BCUT2D eigenvalue weighted by Gasteiger charge is -2.17. The second-order valence-corrected chi connectivity index (χ2v) is 6.17. The molecule has 0 fully saturated rings. The van der Waals surface area contributed by atoms with Crippen LogP contribution in [0, 0.1) is 0 Å². The number of nitrogens with zero attached hydrogens (tertiary/aromatic N) is 1. The van der Waals surface area contributed by atoms with E-state index in [-0.39, 0.29) is 17.8 Å². The SMILES string of the molecule is C=C(C)C(=O)OCCCCCC(=O)N(C)CCCCOC(=O)C(=C)C. The zero-order valence-corrected chi connectivity index (χ0v) is 15.8. The Balaban J connectivity index is 3.62. The average molecular weight is 353 g/mol. The van der Waals surface area contributed by atoms with Crippen molar-refractivity contribution in [3.63, 3.8) is 0 Å². The van der Waals surface area contributed by atoms with Crippen LogP contribution in [0.2, 0.25) is 0 Å². The first-order valence-electron chi connectivity index (χ1n) is 8.65. The van der Waals surface area contributed by atoms with Gasteiger partial charge in [-0.1, -0.05) is 13.2 Å². The van der Waals surface area contributed by atoms with E-state index < -0.39 is 0 Å². The number of carbonyl (C=O) groups is 3. The molecule has 25 heavy (non-hydrogen) atoms. The highest BCUT2D eigenvalue weighted by Gasteiger charge is 2.09. The molecule has 0 unspecified atom stereocenters. The summed E-state index contributed by atoms with van der Waals surface area (Å²) in [5.41, 5.74) is 0.785. The van der Waals surface area contributed by atoms with Crippen molar-refractivity contribution < 1.29 is 23.9 Å². The summed E-state index contributed by atoms with van der Waals surface area (Å²) in [6.07, 6.45) is 4.32. The summed E-state index contributed by atoms with van der Waals surface area (Å²) in [7, 11) is 1.77. The van der Waals surface area contributed by atoms with Gasteiger partial charge >= 0.3 is 11.9 Å². The van der Waals surface area contributed by atoms with Crippen LogP contribution in [0.4, 0.5) is 0 Å². The standard InChI is InChI=1S/C19H31NO5/c1-15(2)18(22)24-13-9-6-7-11-17(21)20(5)12-8-10-14-25-19(23)16(3)4/h1,3,6-14H2,2,4-5H3. The molecule has 0 aromatic rings. The predicted molar refractivity (Wildman–Crippen MR) is 96.9 cm³/mol. The molecule has 0 atom stereocenters. The normalized spacial score (nSPS) is 10.0. The van der Waals surface area contributed by atoms with E-state index in [1.54, 1.807) is 25.8 Å². The summed E-state index contributed by atoms with van der Waals surface area (Å²) < 4.78 is 9.99. The summed E-state index contributed by atoms with van der Waals surface area (Å²) >= 11 is 0. The summed E-state index contributed by atoms with van der Waals surface area (Å²) in [5, 5.41) is 0. The molecule has 0 aromatic carbocycles. The molecule has 0 heterocycles. The van der Waals surface area contributed by atoms with Gasteiger partial charge in [-0.25, -0.2) is 9.59 Å². The largest absolute Gasteiger partial charge is 0.462 e. The van der Waals surface area contributed by atoms with Crippen molar-refractivity contribution in [2.24, 2.45) is 0 Å². The molecular formula is C19H31NO5. The maximum Gasteiger partial charge on any atom is 0.333 e. The van der Waals surface area contributed by atoms with Crippen LogP contribution in [0.25, 0.3) is 0 Å². The third kappa shape index (κ3) is 12.0. The number of ether oxygens (including phenoxy) is 2. The Bertz CT molecular complexity index is 484. The predicted octanol–water partition coefficient (Wildman–Crippen LogP) is 3.02. The first-order chi connectivity index (χ1) is 11.8. The molecule has 0 spiro atoms. The van der Waals surface area contributed by atoms with Gasteiger partial charge in [-0.3, -0.25) is 4.79 Å². The highest BCUT2D eigenvalue weighted by atomic mass is 16.5. The molecule has 0 rings (SSSR count). The molecule has 0 N–H and O–H groups in total. The third-order valence-electron chi connectivity index (χ3n) is 3.51. The average Bonchev–Trinajstić information content (AvgIpc) is 2.56. The van der Waals surface area contributed by atoms with Crippen molar-refractivity contribution in [1.29, 1.82) is 0 Å². The number of rotatable bonds is 13. The van der Waals surface area contributed by atoms with Crippen molar-refractivity contribution in [3.8, 4) is 0 Å². The third-order valence-corrected chi connectivity index (χ3v) is 3.51. The number of amides is 1. The minimum Gasteiger partial charge on any atom is -0.462 e. The van der Waals surface area contributed by atoms with Gasteiger partial charge in [0, 0.05) is 31.2 Å². The van der Waals surface area contributed by atoms with Crippen LogP contribution in [0.15, 0.2) is 24.3 Å². The van der Waals surface area contributed by atoms with E-state index >= 15 is 0 Å². The number of hydrogen-bond donors (Lipinski definition) is 0. The Kier molecular flexibility index (Phi) is 12.1. The van der Waals surface area contributed by atoms with E-state index in [4.69, 9.17) is 9.47 Å². The smallest absolute Gasteiger partial charge is 0.333 e. The van der Waals surface area contributed by atoms with Crippen LogP contribution in [0.3, 0.4) is 0 Å². The molecule has 0 aliphatic rings. The molecule has 1 amide bonds. The summed E-state index contributed by atoms with van der Waals surface area (Å²) in [5.74, 6) is -0.652. The molecular weight excluding hydrogens is 322 g/mol. The Labute approximate surface area is 150 Å². The fraction of sp³-hybridized carbons (Fsp3) is 0.632. The van der Waals surface area contributed by atoms with Crippen molar-refractivity contribution >= 4 is 17.8 Å². The van der Waals surface area contributed by atoms with E-state index in [1.807, 2.05) is 0 Å². The van der Waals surface area contributed by atoms with Crippen LogP contribution in [0.5, 0.6) is 0 Å². The molecule has 0 aromatic heterocycles.